The SMILES string of the molecule is COc1cc(C(N)CCC(=O)O)ccc1SC. The molecule has 0 radical (unpaired) electrons. The fourth-order valence-electron chi connectivity index (χ4n) is 1.53. The highest BCUT2D eigenvalue weighted by Gasteiger charge is 2.11. The highest BCUT2D eigenvalue weighted by atomic mass is 32.2. The predicted octanol–water partition coefficient (Wildman–Crippen LogP) is 2.28. The number of carboxylic acids is 1. The van der Waals surface area contributed by atoms with Gasteiger partial charge in [0.2, 0.25) is 0 Å². The van der Waals surface area contributed by atoms with Gasteiger partial charge in [0, 0.05) is 17.4 Å². The van der Waals surface area contributed by atoms with Gasteiger partial charge in [-0.05, 0) is 30.4 Å². The summed E-state index contributed by atoms with van der Waals surface area (Å²) in [6.07, 6.45) is 2.48. The molecule has 0 bridgehead atoms. The van der Waals surface area contributed by atoms with Gasteiger partial charge >= 0.3 is 5.97 Å². The molecule has 3 N–H and O–H groups in total. The molecule has 1 atom stereocenters. The Labute approximate surface area is 105 Å². The summed E-state index contributed by atoms with van der Waals surface area (Å²) in [4.78, 5) is 11.5. The number of aliphatic carboxylic acids is 1. The second kappa shape index (κ2) is 6.51. The fraction of sp³-hybridized carbons (Fsp3) is 0.417. The minimum absolute atomic E-state index is 0.0771. The number of methoxy groups -OCH3 is 1. The molecule has 0 aliphatic heterocycles. The largest absolute Gasteiger partial charge is 0.496 e. The molecule has 1 aromatic carbocycles. The van der Waals surface area contributed by atoms with E-state index in [-0.39, 0.29) is 12.5 Å². The van der Waals surface area contributed by atoms with Gasteiger partial charge in [-0.2, -0.15) is 0 Å². The second-order valence-corrected chi connectivity index (χ2v) is 4.50. The first-order valence-electron chi connectivity index (χ1n) is 5.27. The molecular formula is C12H17NO3S. The maximum atomic E-state index is 10.5. The Morgan fingerprint density at radius 1 is 1.59 bits per heavy atom. The van der Waals surface area contributed by atoms with Crippen LogP contribution in [0.3, 0.4) is 0 Å². The molecule has 17 heavy (non-hydrogen) atoms. The van der Waals surface area contributed by atoms with Crippen LogP contribution in [0.25, 0.3) is 0 Å². The van der Waals surface area contributed by atoms with E-state index in [0.717, 1.165) is 16.2 Å². The van der Waals surface area contributed by atoms with Crippen LogP contribution in [0.2, 0.25) is 0 Å². The average molecular weight is 255 g/mol. The van der Waals surface area contributed by atoms with Gasteiger partial charge in [0.05, 0.1) is 7.11 Å². The van der Waals surface area contributed by atoms with E-state index in [1.54, 1.807) is 18.9 Å². The number of nitrogens with two attached hydrogens (primary N) is 1. The van der Waals surface area contributed by atoms with Crippen LogP contribution in [0.1, 0.15) is 24.4 Å². The zero-order valence-corrected chi connectivity index (χ0v) is 10.8. The molecule has 5 heteroatoms. The zero-order valence-electron chi connectivity index (χ0n) is 9.97. The Balaban J connectivity index is 2.80. The van der Waals surface area contributed by atoms with E-state index >= 15 is 0 Å². The highest BCUT2D eigenvalue weighted by molar-refractivity contribution is 7.98. The Morgan fingerprint density at radius 3 is 2.82 bits per heavy atom. The summed E-state index contributed by atoms with van der Waals surface area (Å²) in [6.45, 7) is 0. The van der Waals surface area contributed by atoms with E-state index in [9.17, 15) is 4.79 Å². The summed E-state index contributed by atoms with van der Waals surface area (Å²) >= 11 is 1.60. The number of hydrogen-bond donors (Lipinski definition) is 2. The maximum Gasteiger partial charge on any atom is 0.303 e. The molecule has 0 fully saturated rings. The van der Waals surface area contributed by atoms with Crippen LogP contribution < -0.4 is 10.5 Å². The first kappa shape index (κ1) is 13.9. The number of carboxylic acid groups (broad SMARTS) is 1. The quantitative estimate of drug-likeness (QED) is 0.763. The van der Waals surface area contributed by atoms with Crippen molar-refractivity contribution in [3.8, 4) is 5.75 Å². The standard InChI is InChI=1S/C12H17NO3S/c1-16-10-7-8(3-5-11(10)17-2)9(13)4-6-12(14)15/h3,5,7,9H,4,6,13H2,1-2H3,(H,14,15). The smallest absolute Gasteiger partial charge is 0.303 e. The van der Waals surface area contributed by atoms with Crippen LogP contribution >= 0.6 is 11.8 Å². The number of thioether (sulfide) groups is 1. The van der Waals surface area contributed by atoms with Crippen LogP contribution in [0.15, 0.2) is 23.1 Å². The predicted molar refractivity (Wildman–Crippen MR) is 68.6 cm³/mol. The lowest BCUT2D eigenvalue weighted by Crippen LogP contribution is -2.12. The van der Waals surface area contributed by atoms with Gasteiger partial charge in [-0.25, -0.2) is 0 Å². The molecule has 0 aliphatic carbocycles. The molecule has 1 unspecified atom stereocenters. The van der Waals surface area contributed by atoms with Gasteiger partial charge in [0.1, 0.15) is 5.75 Å². The summed E-state index contributed by atoms with van der Waals surface area (Å²) in [5.74, 6) is -0.0473. The van der Waals surface area contributed by atoms with Crippen molar-refractivity contribution in [1.29, 1.82) is 0 Å². The molecular weight excluding hydrogens is 238 g/mol. The van der Waals surface area contributed by atoms with E-state index in [0.29, 0.717) is 6.42 Å². The summed E-state index contributed by atoms with van der Waals surface area (Å²) in [6, 6.07) is 5.47. The lowest BCUT2D eigenvalue weighted by atomic mass is 10.0. The van der Waals surface area contributed by atoms with Gasteiger partial charge in [0.25, 0.3) is 0 Å². The Kier molecular flexibility index (Phi) is 5.31. The Hall–Kier alpha value is -1.20. The number of benzene rings is 1. The normalized spacial score (nSPS) is 12.2. The van der Waals surface area contributed by atoms with Crippen molar-refractivity contribution >= 4 is 17.7 Å². The molecule has 0 aliphatic rings. The van der Waals surface area contributed by atoms with E-state index in [1.165, 1.54) is 0 Å². The summed E-state index contributed by atoms with van der Waals surface area (Å²) in [5.41, 5.74) is 6.84. The van der Waals surface area contributed by atoms with Gasteiger partial charge in [0.15, 0.2) is 0 Å². The summed E-state index contributed by atoms with van der Waals surface area (Å²) in [5, 5.41) is 8.61. The van der Waals surface area contributed by atoms with E-state index < -0.39 is 5.97 Å². The van der Waals surface area contributed by atoms with Crippen LogP contribution in [-0.2, 0) is 4.79 Å². The Morgan fingerprint density at radius 2 is 2.29 bits per heavy atom. The van der Waals surface area contributed by atoms with Gasteiger partial charge in [-0.1, -0.05) is 6.07 Å². The summed E-state index contributed by atoms with van der Waals surface area (Å²) in [7, 11) is 1.61. The van der Waals surface area contributed by atoms with Crippen LogP contribution in [0.4, 0.5) is 0 Å². The molecule has 0 saturated heterocycles. The van der Waals surface area contributed by atoms with Gasteiger partial charge in [-0.15, -0.1) is 11.8 Å². The minimum Gasteiger partial charge on any atom is -0.496 e. The van der Waals surface area contributed by atoms with Crippen LogP contribution in [0.5, 0.6) is 5.75 Å². The molecule has 0 saturated carbocycles. The molecule has 4 nitrogen and oxygen atoms in total. The van der Waals surface area contributed by atoms with Crippen molar-refractivity contribution in [2.24, 2.45) is 5.73 Å². The number of hydrogen-bond acceptors (Lipinski definition) is 4. The monoisotopic (exact) mass is 255 g/mol. The minimum atomic E-state index is -0.826. The number of carbonyl (C=O) groups is 1. The van der Waals surface area contributed by atoms with Gasteiger partial charge in [-0.3, -0.25) is 4.79 Å². The zero-order chi connectivity index (χ0) is 12.8. The number of rotatable bonds is 6. The third-order valence-electron chi connectivity index (χ3n) is 2.50. The van der Waals surface area contributed by atoms with E-state index in [4.69, 9.17) is 15.6 Å². The van der Waals surface area contributed by atoms with Crippen molar-refractivity contribution in [2.45, 2.75) is 23.8 Å². The lowest BCUT2D eigenvalue weighted by Gasteiger charge is -2.13. The average Bonchev–Trinajstić information content (AvgIpc) is 2.34. The maximum absolute atomic E-state index is 10.5. The lowest BCUT2D eigenvalue weighted by molar-refractivity contribution is -0.137. The molecule has 0 heterocycles. The van der Waals surface area contributed by atoms with Crippen LogP contribution in [-0.4, -0.2) is 24.4 Å². The van der Waals surface area contributed by atoms with Crippen molar-refractivity contribution in [3.63, 3.8) is 0 Å². The first-order valence-corrected chi connectivity index (χ1v) is 6.50. The van der Waals surface area contributed by atoms with E-state index in [1.807, 2.05) is 24.5 Å². The van der Waals surface area contributed by atoms with E-state index in [2.05, 4.69) is 0 Å². The molecule has 94 valence electrons. The van der Waals surface area contributed by atoms with Crippen molar-refractivity contribution < 1.29 is 14.6 Å². The molecule has 0 amide bonds. The fourth-order valence-corrected chi connectivity index (χ4v) is 2.08. The third kappa shape index (κ3) is 3.94. The number of ether oxygens (including phenoxy) is 1. The Bertz CT molecular complexity index is 395. The molecule has 1 rings (SSSR count). The second-order valence-electron chi connectivity index (χ2n) is 3.65. The summed E-state index contributed by atoms with van der Waals surface area (Å²) < 4.78 is 5.26. The third-order valence-corrected chi connectivity index (χ3v) is 3.28. The molecule has 0 aromatic heterocycles. The highest BCUT2D eigenvalue weighted by Crippen LogP contribution is 2.30. The van der Waals surface area contributed by atoms with Crippen molar-refractivity contribution in [3.05, 3.63) is 23.8 Å². The van der Waals surface area contributed by atoms with Gasteiger partial charge < -0.3 is 15.6 Å². The molecule has 0 spiro atoms. The molecule has 1 aromatic rings. The van der Waals surface area contributed by atoms with Crippen molar-refractivity contribution in [1.82, 2.24) is 0 Å². The topological polar surface area (TPSA) is 72.5 Å². The van der Waals surface area contributed by atoms with Crippen LogP contribution in [0, 0.1) is 0 Å². The van der Waals surface area contributed by atoms with Crippen molar-refractivity contribution in [2.75, 3.05) is 13.4 Å². The first-order chi connectivity index (χ1) is 8.08.